The fraction of sp³-hybridized carbons (Fsp3) is 0.353. The van der Waals surface area contributed by atoms with Gasteiger partial charge in [0, 0.05) is 34.1 Å². The Morgan fingerprint density at radius 3 is 1.59 bits per heavy atom. The lowest BCUT2D eigenvalue weighted by Crippen LogP contribution is -2.01. The van der Waals surface area contributed by atoms with E-state index in [0.717, 1.165) is 18.8 Å². The van der Waals surface area contributed by atoms with Crippen molar-refractivity contribution >= 4 is 45.3 Å². The summed E-state index contributed by atoms with van der Waals surface area (Å²) in [6.45, 7) is 7.47. The summed E-state index contributed by atoms with van der Waals surface area (Å²) in [7, 11) is 0. The summed E-state index contributed by atoms with van der Waals surface area (Å²) in [5.41, 5.74) is 3.76. The summed E-state index contributed by atoms with van der Waals surface area (Å²) in [4.78, 5) is 9.38. The monoisotopic (exact) mass is 590 g/mol. The lowest BCUT2D eigenvalue weighted by molar-refractivity contribution is 0.300. The average Bonchev–Trinajstić information content (AvgIpc) is 3.75. The molecule has 0 unspecified atom stereocenters. The lowest BCUT2D eigenvalue weighted by atomic mass is 10.0. The lowest BCUT2D eigenvalue weighted by Gasteiger charge is -2.14. The third-order valence-electron chi connectivity index (χ3n) is 7.06. The van der Waals surface area contributed by atoms with Gasteiger partial charge in [0.15, 0.2) is 0 Å². The normalized spacial score (nSPS) is 11.4. The maximum atomic E-state index is 6.25. The quantitative estimate of drug-likeness (QED) is 0.117. The van der Waals surface area contributed by atoms with Crippen molar-refractivity contribution in [2.75, 3.05) is 6.61 Å². The van der Waals surface area contributed by atoms with E-state index in [1.807, 2.05) is 34.0 Å². The summed E-state index contributed by atoms with van der Waals surface area (Å²) in [6.07, 6.45) is 10.6. The zero-order valence-electron chi connectivity index (χ0n) is 23.3. The zero-order chi connectivity index (χ0) is 27.0. The van der Waals surface area contributed by atoms with Gasteiger partial charge in [-0.05, 0) is 96.9 Å². The Morgan fingerprint density at radius 2 is 1.05 bits per heavy atom. The van der Waals surface area contributed by atoms with Crippen molar-refractivity contribution in [1.29, 1.82) is 0 Å². The molecular formula is C34H38OS4. The van der Waals surface area contributed by atoms with Crippen molar-refractivity contribution in [3.05, 3.63) is 77.2 Å². The van der Waals surface area contributed by atoms with Crippen LogP contribution in [0.2, 0.25) is 0 Å². The average molecular weight is 591 g/mol. The van der Waals surface area contributed by atoms with Crippen LogP contribution in [0.3, 0.4) is 0 Å². The van der Waals surface area contributed by atoms with Crippen LogP contribution in [-0.4, -0.2) is 6.61 Å². The van der Waals surface area contributed by atoms with Gasteiger partial charge in [0.2, 0.25) is 0 Å². The van der Waals surface area contributed by atoms with Crippen LogP contribution in [-0.2, 0) is 0 Å². The summed E-state index contributed by atoms with van der Waals surface area (Å²) in [5, 5.41) is 2.15. The molecule has 0 aliphatic rings. The summed E-state index contributed by atoms with van der Waals surface area (Å²) < 4.78 is 6.25. The van der Waals surface area contributed by atoms with Crippen LogP contribution in [0.25, 0.3) is 39.7 Å². The van der Waals surface area contributed by atoms with E-state index in [-0.39, 0.29) is 0 Å². The molecule has 0 radical (unpaired) electrons. The highest BCUT2D eigenvalue weighted by Crippen LogP contribution is 2.44. The molecule has 1 nitrogen and oxygen atoms in total. The number of benzene rings is 1. The molecular weight excluding hydrogens is 553 g/mol. The van der Waals surface area contributed by atoms with Gasteiger partial charge >= 0.3 is 0 Å². The van der Waals surface area contributed by atoms with E-state index in [0.29, 0.717) is 0 Å². The maximum Gasteiger partial charge on any atom is 0.125 e. The minimum Gasteiger partial charge on any atom is -0.493 e. The first-order valence-electron chi connectivity index (χ1n) is 14.2. The van der Waals surface area contributed by atoms with E-state index in [2.05, 4.69) is 86.8 Å². The topological polar surface area (TPSA) is 9.23 Å². The molecule has 0 bridgehead atoms. The van der Waals surface area contributed by atoms with Crippen LogP contribution >= 0.6 is 45.3 Å². The van der Waals surface area contributed by atoms with Gasteiger partial charge in [-0.3, -0.25) is 0 Å². The van der Waals surface area contributed by atoms with Crippen molar-refractivity contribution in [1.82, 2.24) is 0 Å². The fourth-order valence-electron chi connectivity index (χ4n) is 4.98. The van der Waals surface area contributed by atoms with Crippen LogP contribution in [0.1, 0.15) is 69.4 Å². The van der Waals surface area contributed by atoms with Crippen molar-refractivity contribution in [3.63, 3.8) is 0 Å². The molecule has 0 fully saturated rings. The number of hydrogen-bond acceptors (Lipinski definition) is 5. The molecule has 0 N–H and O–H groups in total. The van der Waals surface area contributed by atoms with Crippen molar-refractivity contribution in [3.8, 4) is 45.5 Å². The molecule has 0 spiro atoms. The summed E-state index contributed by atoms with van der Waals surface area (Å²) in [5.74, 6) is 1.07. The zero-order valence-corrected chi connectivity index (χ0v) is 26.5. The minimum atomic E-state index is 0.818. The van der Waals surface area contributed by atoms with Gasteiger partial charge in [0.25, 0.3) is 0 Å². The highest BCUT2D eigenvalue weighted by Gasteiger charge is 2.13. The van der Waals surface area contributed by atoms with E-state index in [1.165, 1.54) is 95.8 Å². The molecule has 0 atom stereocenters. The number of thiophene rings is 4. The number of rotatable bonds is 14. The summed E-state index contributed by atoms with van der Waals surface area (Å²) in [6, 6.07) is 22.5. The Kier molecular flexibility index (Phi) is 10.1. The molecule has 1 aromatic carbocycles. The van der Waals surface area contributed by atoms with Gasteiger partial charge in [0.1, 0.15) is 5.75 Å². The molecule has 0 aliphatic carbocycles. The number of hydrogen-bond donors (Lipinski definition) is 0. The predicted molar refractivity (Wildman–Crippen MR) is 177 cm³/mol. The Labute approximate surface area is 250 Å². The highest BCUT2D eigenvalue weighted by atomic mass is 32.1. The van der Waals surface area contributed by atoms with Gasteiger partial charge in [-0.25, -0.2) is 0 Å². The number of ether oxygens (including phenoxy) is 1. The first-order chi connectivity index (χ1) is 19.1. The Hall–Kier alpha value is -2.18. The first-order valence-corrected chi connectivity index (χ1v) is 17.5. The standard InChI is InChI=1S/C34H38OS4/c1-4-5-6-7-8-9-10-11-20-35-34-24(2)22-26(23-25(34)3)27-14-15-30(37-27)31-18-19-33(39-31)32-17-16-29(38-32)28-13-12-21-36-28/h12-19,21-23H,4-11,20H2,1-3H3. The second kappa shape index (κ2) is 13.9. The maximum absolute atomic E-state index is 6.25. The molecule has 5 aromatic rings. The van der Waals surface area contributed by atoms with Crippen LogP contribution in [0.4, 0.5) is 0 Å². The molecule has 5 rings (SSSR count). The van der Waals surface area contributed by atoms with Gasteiger partial charge in [-0.2, -0.15) is 0 Å². The summed E-state index contributed by atoms with van der Waals surface area (Å²) >= 11 is 7.46. The van der Waals surface area contributed by atoms with Crippen LogP contribution in [0.15, 0.2) is 66.0 Å². The second-order valence-corrected chi connectivity index (χ2v) is 14.4. The second-order valence-electron chi connectivity index (χ2n) is 10.2. The van der Waals surface area contributed by atoms with E-state index in [9.17, 15) is 0 Å². The van der Waals surface area contributed by atoms with Gasteiger partial charge in [-0.1, -0.05) is 57.9 Å². The van der Waals surface area contributed by atoms with Crippen molar-refractivity contribution in [2.45, 2.75) is 72.1 Å². The SMILES string of the molecule is CCCCCCCCCCOc1c(C)cc(-c2ccc(-c3ccc(-c4ccc(-c5cccs5)s4)s3)s2)cc1C. The third kappa shape index (κ3) is 7.32. The molecule has 0 aliphatic heterocycles. The van der Waals surface area contributed by atoms with Crippen molar-refractivity contribution < 1.29 is 4.74 Å². The van der Waals surface area contributed by atoms with Crippen LogP contribution < -0.4 is 4.74 Å². The molecule has 39 heavy (non-hydrogen) atoms. The Bertz CT molecular complexity index is 1430. The van der Waals surface area contributed by atoms with Gasteiger partial charge in [0.05, 0.1) is 6.61 Å². The van der Waals surface area contributed by atoms with E-state index in [4.69, 9.17) is 4.74 Å². The molecule has 5 heteroatoms. The largest absolute Gasteiger partial charge is 0.493 e. The Balaban J connectivity index is 1.18. The highest BCUT2D eigenvalue weighted by molar-refractivity contribution is 7.28. The molecule has 0 saturated carbocycles. The van der Waals surface area contributed by atoms with E-state index in [1.54, 1.807) is 11.3 Å². The van der Waals surface area contributed by atoms with E-state index >= 15 is 0 Å². The minimum absolute atomic E-state index is 0.818. The number of aryl methyl sites for hydroxylation is 2. The van der Waals surface area contributed by atoms with Crippen LogP contribution in [0, 0.1) is 13.8 Å². The molecule has 204 valence electrons. The molecule has 4 heterocycles. The number of unbranched alkanes of at least 4 members (excludes halogenated alkanes) is 7. The predicted octanol–water partition coefficient (Wildman–Crippen LogP) is 12.7. The fourth-order valence-corrected chi connectivity index (χ4v) is 9.00. The van der Waals surface area contributed by atoms with Crippen molar-refractivity contribution in [2.24, 2.45) is 0 Å². The molecule has 0 amide bonds. The third-order valence-corrected chi connectivity index (χ3v) is 11.8. The first kappa shape index (κ1) is 28.4. The van der Waals surface area contributed by atoms with Crippen LogP contribution in [0.5, 0.6) is 5.75 Å². The Morgan fingerprint density at radius 1 is 0.564 bits per heavy atom. The van der Waals surface area contributed by atoms with Gasteiger partial charge < -0.3 is 4.74 Å². The smallest absolute Gasteiger partial charge is 0.125 e. The van der Waals surface area contributed by atoms with E-state index < -0.39 is 0 Å². The molecule has 4 aromatic heterocycles. The van der Waals surface area contributed by atoms with Gasteiger partial charge in [-0.15, -0.1) is 45.3 Å². The molecule has 0 saturated heterocycles.